The van der Waals surface area contributed by atoms with Gasteiger partial charge in [0.1, 0.15) is 0 Å². The second-order valence-corrected chi connectivity index (χ2v) is 5.89. The van der Waals surface area contributed by atoms with E-state index in [1.807, 2.05) is 11.9 Å². The lowest BCUT2D eigenvalue weighted by atomic mass is 9.83. The fourth-order valence-electron chi connectivity index (χ4n) is 2.79. The van der Waals surface area contributed by atoms with E-state index in [-0.39, 0.29) is 11.3 Å². The van der Waals surface area contributed by atoms with Crippen molar-refractivity contribution >= 4 is 5.91 Å². The first kappa shape index (κ1) is 14.1. The summed E-state index contributed by atoms with van der Waals surface area (Å²) in [6.45, 7) is 4.57. The Hall–Kier alpha value is -1.35. The van der Waals surface area contributed by atoms with E-state index in [4.69, 9.17) is 0 Å². The van der Waals surface area contributed by atoms with Gasteiger partial charge in [-0.2, -0.15) is 0 Å². The highest BCUT2D eigenvalue weighted by molar-refractivity contribution is 5.78. The Kier molecular flexibility index (Phi) is 4.59. The number of aryl methyl sites for hydroxylation is 1. The molecule has 1 atom stereocenters. The third-order valence-electron chi connectivity index (χ3n) is 4.10. The van der Waals surface area contributed by atoms with Crippen LogP contribution < -0.4 is 5.32 Å². The molecule has 1 saturated heterocycles. The van der Waals surface area contributed by atoms with E-state index in [2.05, 4.69) is 42.6 Å². The van der Waals surface area contributed by atoms with Gasteiger partial charge in [-0.1, -0.05) is 37.3 Å². The first-order chi connectivity index (χ1) is 9.13. The molecular formula is C16H24N2O. The van der Waals surface area contributed by atoms with Crippen molar-refractivity contribution in [3.8, 4) is 0 Å². The SMILES string of the molecule is CNCC(=O)N1CCC(C)(CCc2ccccc2)C1. The Morgan fingerprint density at radius 1 is 1.37 bits per heavy atom. The van der Waals surface area contributed by atoms with Gasteiger partial charge in [-0.25, -0.2) is 0 Å². The topological polar surface area (TPSA) is 32.3 Å². The quantitative estimate of drug-likeness (QED) is 0.879. The van der Waals surface area contributed by atoms with Crippen LogP contribution in [0.3, 0.4) is 0 Å². The molecule has 0 saturated carbocycles. The number of nitrogens with one attached hydrogen (secondary N) is 1. The van der Waals surface area contributed by atoms with Crippen LogP contribution in [-0.4, -0.2) is 37.5 Å². The molecule has 19 heavy (non-hydrogen) atoms. The largest absolute Gasteiger partial charge is 0.341 e. The second kappa shape index (κ2) is 6.20. The molecule has 1 amide bonds. The molecule has 0 spiro atoms. The molecule has 1 heterocycles. The van der Waals surface area contributed by atoms with Crippen LogP contribution in [0.25, 0.3) is 0 Å². The monoisotopic (exact) mass is 260 g/mol. The van der Waals surface area contributed by atoms with Crippen molar-refractivity contribution in [1.82, 2.24) is 10.2 Å². The number of carbonyl (C=O) groups is 1. The molecule has 0 aliphatic carbocycles. The summed E-state index contributed by atoms with van der Waals surface area (Å²) in [7, 11) is 1.82. The van der Waals surface area contributed by atoms with Gasteiger partial charge in [0.15, 0.2) is 0 Å². The molecule has 3 nitrogen and oxygen atoms in total. The number of nitrogens with zero attached hydrogens (tertiary/aromatic N) is 1. The zero-order valence-electron chi connectivity index (χ0n) is 12.0. The van der Waals surface area contributed by atoms with Gasteiger partial charge in [0.25, 0.3) is 0 Å². The summed E-state index contributed by atoms with van der Waals surface area (Å²) in [5, 5.41) is 2.94. The third-order valence-corrected chi connectivity index (χ3v) is 4.10. The van der Waals surface area contributed by atoms with E-state index in [1.54, 1.807) is 0 Å². The van der Waals surface area contributed by atoms with Crippen LogP contribution in [0.5, 0.6) is 0 Å². The van der Waals surface area contributed by atoms with Crippen molar-refractivity contribution in [3.63, 3.8) is 0 Å². The highest BCUT2D eigenvalue weighted by Crippen LogP contribution is 2.34. The first-order valence-corrected chi connectivity index (χ1v) is 7.09. The molecule has 1 fully saturated rings. The van der Waals surface area contributed by atoms with Gasteiger partial charge in [0.05, 0.1) is 6.54 Å². The average molecular weight is 260 g/mol. The Morgan fingerprint density at radius 2 is 2.11 bits per heavy atom. The fraction of sp³-hybridized carbons (Fsp3) is 0.562. The van der Waals surface area contributed by atoms with Crippen molar-refractivity contribution in [2.45, 2.75) is 26.2 Å². The first-order valence-electron chi connectivity index (χ1n) is 7.09. The van der Waals surface area contributed by atoms with Gasteiger partial charge in [0, 0.05) is 13.1 Å². The fourth-order valence-corrected chi connectivity index (χ4v) is 2.79. The van der Waals surface area contributed by atoms with E-state index < -0.39 is 0 Å². The third kappa shape index (κ3) is 3.80. The van der Waals surface area contributed by atoms with E-state index >= 15 is 0 Å². The van der Waals surface area contributed by atoms with Gasteiger partial charge >= 0.3 is 0 Å². The number of carbonyl (C=O) groups excluding carboxylic acids is 1. The van der Waals surface area contributed by atoms with Crippen molar-refractivity contribution in [2.75, 3.05) is 26.7 Å². The summed E-state index contributed by atoms with van der Waals surface area (Å²) in [4.78, 5) is 13.9. The van der Waals surface area contributed by atoms with Gasteiger partial charge in [-0.05, 0) is 37.3 Å². The maximum atomic E-state index is 11.9. The molecule has 0 radical (unpaired) electrons. The average Bonchev–Trinajstić information content (AvgIpc) is 2.81. The number of hydrogen-bond acceptors (Lipinski definition) is 2. The van der Waals surface area contributed by atoms with Crippen LogP contribution in [0.15, 0.2) is 30.3 Å². The Morgan fingerprint density at radius 3 is 2.79 bits per heavy atom. The smallest absolute Gasteiger partial charge is 0.236 e. The molecule has 1 aliphatic heterocycles. The van der Waals surface area contributed by atoms with Gasteiger partial charge in [-0.3, -0.25) is 4.79 Å². The standard InChI is InChI=1S/C16H24N2O/c1-16(9-8-14-6-4-3-5-7-14)10-11-18(13-16)15(19)12-17-2/h3-7,17H,8-13H2,1-2H3. The van der Waals surface area contributed by atoms with Crippen molar-refractivity contribution < 1.29 is 4.79 Å². The zero-order valence-corrected chi connectivity index (χ0v) is 12.0. The maximum Gasteiger partial charge on any atom is 0.236 e. The molecule has 1 aromatic carbocycles. The Labute approximate surface area is 116 Å². The molecule has 0 aromatic heterocycles. The summed E-state index contributed by atoms with van der Waals surface area (Å²) in [5.41, 5.74) is 1.67. The Balaban J connectivity index is 1.85. The molecule has 1 N–H and O–H groups in total. The van der Waals surface area contributed by atoms with Crippen LogP contribution in [0, 0.1) is 5.41 Å². The van der Waals surface area contributed by atoms with Gasteiger partial charge in [-0.15, -0.1) is 0 Å². The lowest BCUT2D eigenvalue weighted by Crippen LogP contribution is -2.36. The molecule has 2 rings (SSSR count). The van der Waals surface area contributed by atoms with E-state index in [1.165, 1.54) is 5.56 Å². The molecule has 104 valence electrons. The lowest BCUT2D eigenvalue weighted by Gasteiger charge is -2.24. The second-order valence-electron chi connectivity index (χ2n) is 5.89. The number of likely N-dealkylation sites (tertiary alicyclic amines) is 1. The molecular weight excluding hydrogens is 236 g/mol. The van der Waals surface area contributed by atoms with Crippen molar-refractivity contribution in [1.29, 1.82) is 0 Å². The highest BCUT2D eigenvalue weighted by atomic mass is 16.2. The van der Waals surface area contributed by atoms with Crippen LogP contribution in [0.1, 0.15) is 25.3 Å². The molecule has 1 unspecified atom stereocenters. The predicted octanol–water partition coefficient (Wildman–Crippen LogP) is 2.08. The normalized spacial score (nSPS) is 22.7. The van der Waals surface area contributed by atoms with E-state index in [0.717, 1.165) is 32.4 Å². The number of hydrogen-bond donors (Lipinski definition) is 1. The summed E-state index contributed by atoms with van der Waals surface area (Å²) in [6.07, 6.45) is 3.38. The van der Waals surface area contributed by atoms with Crippen LogP contribution in [0.4, 0.5) is 0 Å². The van der Waals surface area contributed by atoms with Crippen LogP contribution in [0.2, 0.25) is 0 Å². The summed E-state index contributed by atoms with van der Waals surface area (Å²) >= 11 is 0. The highest BCUT2D eigenvalue weighted by Gasteiger charge is 2.35. The van der Waals surface area contributed by atoms with Crippen molar-refractivity contribution in [3.05, 3.63) is 35.9 Å². The number of likely N-dealkylation sites (N-methyl/N-ethyl adjacent to an activating group) is 1. The van der Waals surface area contributed by atoms with Gasteiger partial charge < -0.3 is 10.2 Å². The van der Waals surface area contributed by atoms with Crippen LogP contribution in [-0.2, 0) is 11.2 Å². The molecule has 1 aromatic rings. The molecule has 0 bridgehead atoms. The summed E-state index contributed by atoms with van der Waals surface area (Å²) in [6, 6.07) is 10.6. The molecule has 3 heteroatoms. The van der Waals surface area contributed by atoms with E-state index in [0.29, 0.717) is 6.54 Å². The minimum absolute atomic E-state index is 0.228. The van der Waals surface area contributed by atoms with Crippen LogP contribution >= 0.6 is 0 Å². The van der Waals surface area contributed by atoms with Gasteiger partial charge in [0.2, 0.25) is 5.91 Å². The summed E-state index contributed by atoms with van der Waals surface area (Å²) < 4.78 is 0. The number of amides is 1. The Bertz CT molecular complexity index is 418. The van der Waals surface area contributed by atoms with E-state index in [9.17, 15) is 4.79 Å². The zero-order chi connectivity index (χ0) is 13.7. The summed E-state index contributed by atoms with van der Waals surface area (Å²) in [5.74, 6) is 0.228. The van der Waals surface area contributed by atoms with Crippen molar-refractivity contribution in [2.24, 2.45) is 5.41 Å². The predicted molar refractivity (Wildman–Crippen MR) is 78.0 cm³/mol. The lowest BCUT2D eigenvalue weighted by molar-refractivity contribution is -0.129. The number of rotatable bonds is 5. The maximum absolute atomic E-state index is 11.9. The minimum Gasteiger partial charge on any atom is -0.341 e. The molecule has 1 aliphatic rings. The minimum atomic E-state index is 0.228. The number of benzene rings is 1.